The van der Waals surface area contributed by atoms with Gasteiger partial charge < -0.3 is 9.47 Å². The van der Waals surface area contributed by atoms with Gasteiger partial charge in [0.25, 0.3) is 16.1 Å². The number of nitrogens with zero attached hydrogens (tertiary/aromatic N) is 3. The van der Waals surface area contributed by atoms with Crippen LogP contribution in [0, 0.1) is 0 Å². The van der Waals surface area contributed by atoms with Crippen LogP contribution in [-0.2, 0) is 34.6 Å². The summed E-state index contributed by atoms with van der Waals surface area (Å²) in [4.78, 5) is 18.5. The minimum absolute atomic E-state index is 0.0591. The van der Waals surface area contributed by atoms with Gasteiger partial charge in [-0.1, -0.05) is 18.2 Å². The van der Waals surface area contributed by atoms with Crippen molar-refractivity contribution in [1.82, 2.24) is 18.4 Å². The van der Waals surface area contributed by atoms with E-state index in [4.69, 9.17) is 14.3 Å². The summed E-state index contributed by atoms with van der Waals surface area (Å²) >= 11 is 0. The van der Waals surface area contributed by atoms with Crippen molar-refractivity contribution in [1.29, 1.82) is 0 Å². The Bertz CT molecular complexity index is 1300. The van der Waals surface area contributed by atoms with Crippen LogP contribution < -0.4 is 10.2 Å². The van der Waals surface area contributed by atoms with E-state index in [1.807, 2.05) is 18.2 Å². The topological polar surface area (TPSA) is 135 Å². The zero-order valence-electron chi connectivity index (χ0n) is 21.2. The number of nitrogens with one attached hydrogen (secondary N) is 1. The second kappa shape index (κ2) is 12.1. The van der Waals surface area contributed by atoms with E-state index in [1.54, 1.807) is 12.1 Å². The molecular formula is C24H32N4O8S2. The average molecular weight is 569 g/mol. The van der Waals surface area contributed by atoms with Crippen molar-refractivity contribution in [3.8, 4) is 11.5 Å². The van der Waals surface area contributed by atoms with E-state index in [1.165, 1.54) is 38.4 Å². The molecule has 1 unspecified atom stereocenters. The van der Waals surface area contributed by atoms with Crippen LogP contribution in [0.15, 0.2) is 59.5 Å². The third kappa shape index (κ3) is 6.51. The third-order valence-corrected chi connectivity index (χ3v) is 10.1. The van der Waals surface area contributed by atoms with Crippen molar-refractivity contribution < 1.29 is 35.9 Å². The molecule has 0 aromatic heterocycles. The Morgan fingerprint density at radius 2 is 1.66 bits per heavy atom. The van der Waals surface area contributed by atoms with Crippen molar-refractivity contribution in [3.63, 3.8) is 0 Å². The van der Waals surface area contributed by atoms with E-state index < -0.39 is 38.5 Å². The van der Waals surface area contributed by atoms with Gasteiger partial charge in [-0.15, -0.1) is 0 Å². The first-order chi connectivity index (χ1) is 18.1. The number of carbonyl (C=O) groups excluding carboxylic acids is 1. The van der Waals surface area contributed by atoms with Gasteiger partial charge in [0.05, 0.1) is 4.90 Å². The van der Waals surface area contributed by atoms with Crippen molar-refractivity contribution in [2.45, 2.75) is 36.5 Å². The van der Waals surface area contributed by atoms with Gasteiger partial charge >= 0.3 is 0 Å². The summed E-state index contributed by atoms with van der Waals surface area (Å²) in [5.41, 5.74) is 2.29. The molecule has 0 bridgehead atoms. The van der Waals surface area contributed by atoms with Gasteiger partial charge in [-0.25, -0.2) is 18.7 Å². The number of hydroxylamine groups is 1. The lowest BCUT2D eigenvalue weighted by Crippen LogP contribution is -2.62. The predicted molar refractivity (Wildman–Crippen MR) is 138 cm³/mol. The molecule has 2 aromatic rings. The zero-order valence-corrected chi connectivity index (χ0v) is 22.9. The molecule has 14 heteroatoms. The van der Waals surface area contributed by atoms with Crippen LogP contribution in [0.1, 0.15) is 19.3 Å². The van der Waals surface area contributed by atoms with Crippen molar-refractivity contribution >= 4 is 26.1 Å². The maximum Gasteiger partial charge on any atom is 0.281 e. The van der Waals surface area contributed by atoms with E-state index in [0.29, 0.717) is 24.5 Å². The Hall–Kier alpha value is -2.59. The molecule has 0 aliphatic carbocycles. The van der Waals surface area contributed by atoms with E-state index in [0.717, 1.165) is 25.8 Å². The number of carbonyl (C=O) groups is 1. The normalized spacial score (nSPS) is 21.8. The summed E-state index contributed by atoms with van der Waals surface area (Å²) in [5, 5.41) is 0. The van der Waals surface area contributed by atoms with Gasteiger partial charge in [0.2, 0.25) is 10.0 Å². The maximum absolute atomic E-state index is 13.6. The van der Waals surface area contributed by atoms with Crippen molar-refractivity contribution in [2.24, 2.45) is 0 Å². The number of piperazine rings is 1. The fraction of sp³-hybridized carbons (Fsp3) is 0.458. The molecule has 2 aliphatic rings. The molecule has 2 atom stereocenters. The Kier molecular flexibility index (Phi) is 9.03. The van der Waals surface area contributed by atoms with E-state index >= 15 is 0 Å². The van der Waals surface area contributed by atoms with Crippen LogP contribution in [0.3, 0.4) is 0 Å². The fourth-order valence-electron chi connectivity index (χ4n) is 4.12. The second-order valence-electron chi connectivity index (χ2n) is 9.05. The van der Waals surface area contributed by atoms with Crippen LogP contribution in [0.2, 0.25) is 0 Å². The van der Waals surface area contributed by atoms with Gasteiger partial charge in [-0.2, -0.15) is 21.3 Å². The number of ether oxygens (including phenoxy) is 2. The molecule has 0 radical (unpaired) electrons. The van der Waals surface area contributed by atoms with Gasteiger partial charge in [0.15, 0.2) is 6.29 Å². The monoisotopic (exact) mass is 568 g/mol. The number of benzene rings is 2. The van der Waals surface area contributed by atoms with Crippen LogP contribution in [0.25, 0.3) is 0 Å². The highest BCUT2D eigenvalue weighted by Gasteiger charge is 2.44. The summed E-state index contributed by atoms with van der Waals surface area (Å²) in [6.07, 6.45) is 1.67. The van der Waals surface area contributed by atoms with Gasteiger partial charge in [-0.05, 0) is 49.2 Å². The van der Waals surface area contributed by atoms with Gasteiger partial charge in [0.1, 0.15) is 17.5 Å². The Labute approximate surface area is 223 Å². The van der Waals surface area contributed by atoms with E-state index in [2.05, 4.69) is 5.48 Å². The Morgan fingerprint density at radius 1 is 0.974 bits per heavy atom. The molecule has 1 N–H and O–H groups in total. The molecule has 12 nitrogen and oxygen atoms in total. The van der Waals surface area contributed by atoms with Crippen LogP contribution in [0.4, 0.5) is 0 Å². The smallest absolute Gasteiger partial charge is 0.281 e. The molecule has 0 spiro atoms. The number of amides is 1. The minimum Gasteiger partial charge on any atom is -0.457 e. The molecule has 4 rings (SSSR count). The molecular weight excluding hydrogens is 536 g/mol. The highest BCUT2D eigenvalue weighted by molar-refractivity contribution is 7.89. The highest BCUT2D eigenvalue weighted by Crippen LogP contribution is 2.27. The molecule has 2 fully saturated rings. The van der Waals surface area contributed by atoms with Crippen LogP contribution in [0.5, 0.6) is 11.5 Å². The quantitative estimate of drug-likeness (QED) is 0.450. The molecule has 2 aliphatic heterocycles. The number of para-hydroxylation sites is 1. The lowest BCUT2D eigenvalue weighted by atomic mass is 10.2. The van der Waals surface area contributed by atoms with Crippen molar-refractivity contribution in [2.75, 3.05) is 40.3 Å². The van der Waals surface area contributed by atoms with E-state index in [9.17, 15) is 21.6 Å². The van der Waals surface area contributed by atoms with E-state index in [-0.39, 0.29) is 24.5 Å². The summed E-state index contributed by atoms with van der Waals surface area (Å²) in [6.45, 7) is -0.236. The number of hydrogen-bond acceptors (Lipinski definition) is 8. The third-order valence-electron chi connectivity index (χ3n) is 6.22. The fourth-order valence-corrected chi connectivity index (χ4v) is 6.79. The average Bonchev–Trinajstić information content (AvgIpc) is 2.92. The summed E-state index contributed by atoms with van der Waals surface area (Å²) in [7, 11) is -5.33. The Balaban J connectivity index is 1.54. The van der Waals surface area contributed by atoms with Crippen LogP contribution in [-0.4, -0.2) is 88.3 Å². The van der Waals surface area contributed by atoms with Crippen LogP contribution >= 0.6 is 0 Å². The number of sulfonamides is 1. The molecule has 2 saturated heterocycles. The molecule has 1 amide bonds. The summed E-state index contributed by atoms with van der Waals surface area (Å²) in [5.74, 6) is 0.248. The first kappa shape index (κ1) is 28.4. The van der Waals surface area contributed by atoms with Crippen molar-refractivity contribution in [3.05, 3.63) is 54.6 Å². The second-order valence-corrected chi connectivity index (χ2v) is 13.1. The molecule has 2 aromatic carbocycles. The first-order valence-corrected chi connectivity index (χ1v) is 15.0. The lowest BCUT2D eigenvalue weighted by Gasteiger charge is -2.39. The predicted octanol–water partition coefficient (Wildman–Crippen LogP) is 1.53. The molecule has 2 heterocycles. The molecule has 38 heavy (non-hydrogen) atoms. The van der Waals surface area contributed by atoms with Gasteiger partial charge in [0, 0.05) is 46.8 Å². The van der Waals surface area contributed by atoms with Gasteiger partial charge in [-0.3, -0.25) is 4.79 Å². The Morgan fingerprint density at radius 3 is 2.29 bits per heavy atom. The largest absolute Gasteiger partial charge is 0.457 e. The first-order valence-electron chi connectivity index (χ1n) is 12.2. The standard InChI is InChI=1S/C24H32N4O8S2/c1-26(2)38(32,33)27-15-16-28(22(18-27)24(29)25-36-23-10-6-7-17-34-23)37(30,31)21-13-11-20(12-14-21)35-19-8-4-3-5-9-19/h3-5,8-9,11-14,22-23H,6-7,10,15-18H2,1-2H3,(H,25,29)/t22-,23?/m1/s1. The zero-order chi connectivity index (χ0) is 27.3. The summed E-state index contributed by atoms with van der Waals surface area (Å²) < 4.78 is 67.1. The SMILES string of the molecule is CN(C)S(=O)(=O)N1CCN(S(=O)(=O)c2ccc(Oc3ccccc3)cc2)[C@@H](C(=O)NOC2CCCCO2)C1. The number of rotatable bonds is 9. The highest BCUT2D eigenvalue weighted by atomic mass is 32.2. The lowest BCUT2D eigenvalue weighted by molar-refractivity contribution is -0.202. The summed E-state index contributed by atoms with van der Waals surface area (Å²) in [6, 6.07) is 13.5. The number of hydrogen-bond donors (Lipinski definition) is 1. The maximum atomic E-state index is 13.6. The molecule has 208 valence electrons. The molecule has 0 saturated carbocycles. The minimum atomic E-state index is -4.18.